The van der Waals surface area contributed by atoms with Gasteiger partial charge in [0.05, 0.1) is 23.6 Å². The first-order valence-electron chi connectivity index (χ1n) is 11.2. The number of benzene rings is 1. The molecule has 3 aromatic rings. The molecular weight excluding hydrogens is 416 g/mol. The van der Waals surface area contributed by atoms with Crippen molar-refractivity contribution < 1.29 is 4.79 Å². The van der Waals surface area contributed by atoms with E-state index in [2.05, 4.69) is 40.3 Å². The summed E-state index contributed by atoms with van der Waals surface area (Å²) >= 11 is 1.58. The largest absolute Gasteiger partial charge is 0.388 e. The first-order chi connectivity index (χ1) is 15.4. The lowest BCUT2D eigenvalue weighted by atomic mass is 9.74. The fourth-order valence-electron chi connectivity index (χ4n) is 4.54. The van der Waals surface area contributed by atoms with Gasteiger partial charge in [-0.15, -0.1) is 11.3 Å². The third kappa shape index (κ3) is 4.37. The fourth-order valence-corrected chi connectivity index (χ4v) is 5.58. The number of Topliss-reactive ketones (excluding diaryl/α,β-unsaturated/α-hetero) is 1. The third-order valence-corrected chi connectivity index (χ3v) is 7.60. The third-order valence-electron chi connectivity index (χ3n) is 6.44. The van der Waals surface area contributed by atoms with Gasteiger partial charge < -0.3 is 5.73 Å². The van der Waals surface area contributed by atoms with Gasteiger partial charge in [0.2, 0.25) is 0 Å². The summed E-state index contributed by atoms with van der Waals surface area (Å²) in [6.45, 7) is 5.72. The minimum atomic E-state index is -0.810. The molecule has 2 atom stereocenters. The molecule has 2 N–H and O–H groups in total. The Morgan fingerprint density at radius 3 is 2.59 bits per heavy atom. The smallest absolute Gasteiger partial charge is 0.142 e. The van der Waals surface area contributed by atoms with Gasteiger partial charge in [-0.3, -0.25) is 19.8 Å². The molecule has 2 heterocycles. The van der Waals surface area contributed by atoms with Crippen LogP contribution < -0.4 is 5.73 Å². The highest BCUT2D eigenvalue weighted by molar-refractivity contribution is 7.10. The van der Waals surface area contributed by atoms with Crippen LogP contribution in [0.25, 0.3) is 11.3 Å². The number of carbonyl (C=O) groups excluding carboxylic acids is 1. The summed E-state index contributed by atoms with van der Waals surface area (Å²) in [7, 11) is 0. The Kier molecular flexibility index (Phi) is 6.51. The number of hydrogen-bond acceptors (Lipinski definition) is 5. The van der Waals surface area contributed by atoms with Gasteiger partial charge >= 0.3 is 0 Å². The first kappa shape index (κ1) is 22.3. The Balaban J connectivity index is 1.78. The van der Waals surface area contributed by atoms with Crippen LogP contribution in [0.4, 0.5) is 0 Å². The molecule has 0 saturated heterocycles. The van der Waals surface area contributed by atoms with E-state index in [0.29, 0.717) is 18.2 Å². The van der Waals surface area contributed by atoms with E-state index in [1.54, 1.807) is 36.9 Å². The Morgan fingerprint density at radius 2 is 2.03 bits per heavy atom. The second kappa shape index (κ2) is 9.33. The van der Waals surface area contributed by atoms with Gasteiger partial charge in [-0.2, -0.15) is 0 Å². The van der Waals surface area contributed by atoms with Gasteiger partial charge in [0.15, 0.2) is 0 Å². The number of aliphatic imine (C=N–C) groups is 1. The van der Waals surface area contributed by atoms with Gasteiger partial charge in [0, 0.05) is 34.6 Å². The van der Waals surface area contributed by atoms with Crippen LogP contribution in [0.15, 0.2) is 59.3 Å². The maximum atomic E-state index is 13.3. The quantitative estimate of drug-likeness (QED) is 0.349. The number of nitrogens with two attached hydrogens (primary N) is 1. The zero-order chi connectivity index (χ0) is 22.7. The first-order valence-corrected chi connectivity index (χ1v) is 12.1. The van der Waals surface area contributed by atoms with E-state index >= 15 is 0 Å². The maximum absolute atomic E-state index is 13.3. The summed E-state index contributed by atoms with van der Waals surface area (Å²) in [5, 5.41) is 2.05. The average molecular weight is 447 g/mol. The summed E-state index contributed by atoms with van der Waals surface area (Å²) in [5.41, 5.74) is 9.41. The minimum absolute atomic E-state index is 0.156. The highest BCUT2D eigenvalue weighted by Gasteiger charge is 2.42. The highest BCUT2D eigenvalue weighted by Crippen LogP contribution is 2.46. The molecule has 6 heteroatoms. The molecule has 166 valence electrons. The molecule has 1 aliphatic carbocycles. The van der Waals surface area contributed by atoms with Crippen LogP contribution in [0.3, 0.4) is 0 Å². The lowest BCUT2D eigenvalue weighted by Gasteiger charge is -2.34. The molecule has 0 radical (unpaired) electrons. The fraction of sp³-hybridized carbons (Fsp3) is 0.385. The van der Waals surface area contributed by atoms with E-state index in [1.807, 2.05) is 19.2 Å². The number of amidine groups is 1. The van der Waals surface area contributed by atoms with E-state index in [0.717, 1.165) is 21.7 Å². The van der Waals surface area contributed by atoms with Gasteiger partial charge in [-0.1, -0.05) is 37.6 Å². The van der Waals surface area contributed by atoms with E-state index in [4.69, 9.17) is 10.7 Å². The highest BCUT2D eigenvalue weighted by atomic mass is 32.1. The van der Waals surface area contributed by atoms with E-state index < -0.39 is 11.5 Å². The summed E-state index contributed by atoms with van der Waals surface area (Å²) in [5.74, 6) is 0.854. The molecule has 32 heavy (non-hydrogen) atoms. The standard InChI is InChI=1S/C26H30N4OS/c1-4-23(31)25(20-10-8-19(9-11-20)18-6-5-7-18)26(3,30-17(2)27)24-14-21(16-32-24)22-15-28-12-13-29-22/h8-16,18,25H,4-7H2,1-3H3,(H2,27,30)/t25?,26-/m1/s1. The van der Waals surface area contributed by atoms with E-state index in [1.165, 1.54) is 24.8 Å². The molecule has 1 fully saturated rings. The van der Waals surface area contributed by atoms with Crippen molar-refractivity contribution in [1.82, 2.24) is 9.97 Å². The molecule has 0 spiro atoms. The number of hydrogen-bond donors (Lipinski definition) is 1. The molecule has 1 aliphatic rings. The van der Waals surface area contributed by atoms with Crippen molar-refractivity contribution in [2.75, 3.05) is 0 Å². The van der Waals surface area contributed by atoms with Crippen LogP contribution in [0.1, 0.15) is 74.3 Å². The predicted octanol–water partition coefficient (Wildman–Crippen LogP) is 5.83. The van der Waals surface area contributed by atoms with Crippen molar-refractivity contribution in [3.8, 4) is 11.3 Å². The molecule has 1 saturated carbocycles. The van der Waals surface area contributed by atoms with Crippen LogP contribution in [0, 0.1) is 0 Å². The molecule has 2 aromatic heterocycles. The molecule has 1 unspecified atom stereocenters. The van der Waals surface area contributed by atoms with Crippen LogP contribution >= 0.6 is 11.3 Å². The van der Waals surface area contributed by atoms with Crippen LogP contribution in [0.5, 0.6) is 0 Å². The van der Waals surface area contributed by atoms with Crippen molar-refractivity contribution in [2.45, 2.75) is 63.8 Å². The number of ketones is 1. The van der Waals surface area contributed by atoms with Crippen molar-refractivity contribution in [3.63, 3.8) is 0 Å². The monoisotopic (exact) mass is 446 g/mol. The van der Waals surface area contributed by atoms with Crippen molar-refractivity contribution >= 4 is 23.0 Å². The molecule has 1 aromatic carbocycles. The number of carbonyl (C=O) groups is 1. The number of rotatable bonds is 8. The summed E-state index contributed by atoms with van der Waals surface area (Å²) < 4.78 is 0. The molecule has 5 nitrogen and oxygen atoms in total. The Labute approximate surface area is 193 Å². The SMILES string of the molecule is CCC(=O)C(c1ccc(C2CCC2)cc1)[C@](C)(N=C(C)N)c1cc(-c2cnccn2)cs1. The van der Waals surface area contributed by atoms with Crippen LogP contribution in [-0.4, -0.2) is 21.6 Å². The second-order valence-electron chi connectivity index (χ2n) is 8.74. The number of nitrogens with zero attached hydrogens (tertiary/aromatic N) is 3. The average Bonchev–Trinajstić information content (AvgIpc) is 3.25. The van der Waals surface area contributed by atoms with E-state index in [-0.39, 0.29) is 5.78 Å². The normalized spacial score (nSPS) is 17.4. The summed E-state index contributed by atoms with van der Waals surface area (Å²) in [6, 6.07) is 10.7. The lowest BCUT2D eigenvalue weighted by molar-refractivity contribution is -0.121. The van der Waals surface area contributed by atoms with Crippen LogP contribution in [-0.2, 0) is 10.3 Å². The minimum Gasteiger partial charge on any atom is -0.388 e. The molecule has 0 bridgehead atoms. The summed E-state index contributed by atoms with van der Waals surface area (Å²) in [4.78, 5) is 27.8. The molecular formula is C26H30N4OS. The lowest BCUT2D eigenvalue weighted by Crippen LogP contribution is -2.35. The van der Waals surface area contributed by atoms with Gasteiger partial charge in [-0.25, -0.2) is 0 Å². The molecule has 4 rings (SSSR count). The van der Waals surface area contributed by atoms with Crippen molar-refractivity contribution in [1.29, 1.82) is 0 Å². The van der Waals surface area contributed by atoms with Gasteiger partial charge in [0.1, 0.15) is 11.3 Å². The second-order valence-corrected chi connectivity index (χ2v) is 9.65. The number of aromatic nitrogens is 2. The zero-order valence-corrected chi connectivity index (χ0v) is 19.7. The predicted molar refractivity (Wildman–Crippen MR) is 131 cm³/mol. The Bertz CT molecular complexity index is 1100. The van der Waals surface area contributed by atoms with Crippen LogP contribution in [0.2, 0.25) is 0 Å². The topological polar surface area (TPSA) is 81.2 Å². The number of thiophene rings is 1. The zero-order valence-electron chi connectivity index (χ0n) is 18.9. The van der Waals surface area contributed by atoms with Crippen molar-refractivity contribution in [3.05, 3.63) is 70.3 Å². The van der Waals surface area contributed by atoms with Gasteiger partial charge in [0.25, 0.3) is 0 Å². The molecule has 0 amide bonds. The maximum Gasteiger partial charge on any atom is 0.142 e. The van der Waals surface area contributed by atoms with Crippen molar-refractivity contribution in [2.24, 2.45) is 10.7 Å². The van der Waals surface area contributed by atoms with E-state index in [9.17, 15) is 4.79 Å². The Morgan fingerprint density at radius 1 is 1.28 bits per heavy atom. The molecule has 0 aliphatic heterocycles. The van der Waals surface area contributed by atoms with Gasteiger partial charge in [-0.05, 0) is 49.8 Å². The Hall–Kier alpha value is -2.86. The summed E-state index contributed by atoms with van der Waals surface area (Å²) in [6.07, 6.45) is 9.34.